The Labute approximate surface area is 203 Å². The minimum Gasteiger partial charge on any atom is -0.350 e. The molecule has 4 heterocycles. The second-order valence-corrected chi connectivity index (χ2v) is 8.62. The zero-order valence-corrected chi connectivity index (χ0v) is 19.0. The van der Waals surface area contributed by atoms with E-state index < -0.39 is 29.8 Å². The van der Waals surface area contributed by atoms with E-state index in [9.17, 15) is 18.4 Å². The van der Waals surface area contributed by atoms with Crippen molar-refractivity contribution in [2.75, 3.05) is 6.54 Å². The zero-order chi connectivity index (χ0) is 24.5. The SMILES string of the molecule is O=C(NCc1cccc(Cl)c1F)C1CC(F)CN1C(=O)Cn1nc(-c2cn[nH]c2)c2ccncc21. The third-order valence-electron chi connectivity index (χ3n) is 5.97. The summed E-state index contributed by atoms with van der Waals surface area (Å²) in [5.74, 6) is -1.67. The van der Waals surface area contributed by atoms with Crippen LogP contribution >= 0.6 is 11.6 Å². The van der Waals surface area contributed by atoms with E-state index in [1.54, 1.807) is 36.9 Å². The molecule has 0 radical (unpaired) electrons. The molecule has 2 N–H and O–H groups in total. The van der Waals surface area contributed by atoms with Crippen molar-refractivity contribution in [3.05, 3.63) is 65.5 Å². The van der Waals surface area contributed by atoms with Crippen molar-refractivity contribution in [3.63, 3.8) is 0 Å². The molecular formula is C23H20ClF2N7O2. The van der Waals surface area contributed by atoms with Gasteiger partial charge in [0.05, 0.1) is 29.5 Å². The van der Waals surface area contributed by atoms with Crippen LogP contribution in [0.25, 0.3) is 22.2 Å². The first kappa shape index (κ1) is 22.9. The fraction of sp³-hybridized carbons (Fsp3) is 0.261. The largest absolute Gasteiger partial charge is 0.350 e. The molecule has 35 heavy (non-hydrogen) atoms. The highest BCUT2D eigenvalue weighted by molar-refractivity contribution is 6.30. The minimum atomic E-state index is -1.35. The van der Waals surface area contributed by atoms with Crippen LogP contribution in [0.4, 0.5) is 8.78 Å². The molecule has 3 aromatic heterocycles. The van der Waals surface area contributed by atoms with Gasteiger partial charge in [-0.1, -0.05) is 23.7 Å². The molecule has 1 fully saturated rings. The molecule has 0 bridgehead atoms. The van der Waals surface area contributed by atoms with Crippen LogP contribution in [0.3, 0.4) is 0 Å². The molecular weight excluding hydrogens is 480 g/mol. The Morgan fingerprint density at radius 1 is 1.26 bits per heavy atom. The number of halogens is 3. The highest BCUT2D eigenvalue weighted by Gasteiger charge is 2.40. The number of pyridine rings is 1. The lowest BCUT2D eigenvalue weighted by atomic mass is 10.1. The predicted octanol–water partition coefficient (Wildman–Crippen LogP) is 2.87. The smallest absolute Gasteiger partial charge is 0.245 e. The van der Waals surface area contributed by atoms with E-state index in [-0.39, 0.29) is 36.6 Å². The summed E-state index contributed by atoms with van der Waals surface area (Å²) in [6.45, 7) is -0.557. The molecule has 180 valence electrons. The molecule has 1 aliphatic rings. The van der Waals surface area contributed by atoms with E-state index in [0.29, 0.717) is 11.2 Å². The number of aromatic nitrogens is 5. The first-order valence-corrected chi connectivity index (χ1v) is 11.2. The van der Waals surface area contributed by atoms with Crippen molar-refractivity contribution >= 4 is 34.3 Å². The van der Waals surface area contributed by atoms with Crippen LogP contribution in [0, 0.1) is 5.82 Å². The van der Waals surface area contributed by atoms with Gasteiger partial charge in [0.1, 0.15) is 30.3 Å². The lowest BCUT2D eigenvalue weighted by Gasteiger charge is -2.23. The Balaban J connectivity index is 1.34. The molecule has 5 rings (SSSR count). The van der Waals surface area contributed by atoms with E-state index >= 15 is 0 Å². The average Bonchev–Trinajstić information content (AvgIpc) is 3.59. The predicted molar refractivity (Wildman–Crippen MR) is 123 cm³/mol. The van der Waals surface area contributed by atoms with Crippen LogP contribution in [-0.4, -0.2) is 60.4 Å². The third kappa shape index (κ3) is 4.46. The van der Waals surface area contributed by atoms with Gasteiger partial charge in [-0.15, -0.1) is 0 Å². The number of rotatable bonds is 6. The van der Waals surface area contributed by atoms with Crippen molar-refractivity contribution in [1.82, 2.24) is 35.2 Å². The molecule has 1 aromatic carbocycles. The Morgan fingerprint density at radius 3 is 2.91 bits per heavy atom. The summed E-state index contributed by atoms with van der Waals surface area (Å²) in [5.41, 5.74) is 2.17. The number of H-pyrrole nitrogens is 1. The molecule has 4 aromatic rings. The minimum absolute atomic E-state index is 0.0611. The van der Waals surface area contributed by atoms with Crippen LogP contribution in [0.15, 0.2) is 49.1 Å². The number of benzene rings is 1. The van der Waals surface area contributed by atoms with Crippen molar-refractivity contribution in [2.24, 2.45) is 0 Å². The van der Waals surface area contributed by atoms with Crippen molar-refractivity contribution in [3.8, 4) is 11.3 Å². The second-order valence-electron chi connectivity index (χ2n) is 8.21. The van der Waals surface area contributed by atoms with Crippen molar-refractivity contribution < 1.29 is 18.4 Å². The van der Waals surface area contributed by atoms with Gasteiger partial charge < -0.3 is 10.2 Å². The van der Waals surface area contributed by atoms with Crippen LogP contribution in [0.5, 0.6) is 0 Å². The van der Waals surface area contributed by atoms with Gasteiger partial charge >= 0.3 is 0 Å². The first-order chi connectivity index (χ1) is 16.9. The van der Waals surface area contributed by atoms with Gasteiger partial charge in [-0.05, 0) is 12.1 Å². The molecule has 2 amide bonds. The fourth-order valence-corrected chi connectivity index (χ4v) is 4.44. The topological polar surface area (TPSA) is 109 Å². The number of hydrogen-bond acceptors (Lipinski definition) is 5. The molecule has 2 atom stereocenters. The maximum absolute atomic E-state index is 14.3. The van der Waals surface area contributed by atoms with Gasteiger partial charge in [-0.2, -0.15) is 10.2 Å². The maximum atomic E-state index is 14.3. The Bertz CT molecular complexity index is 1390. The molecule has 2 unspecified atom stereocenters. The summed E-state index contributed by atoms with van der Waals surface area (Å²) in [4.78, 5) is 31.3. The summed E-state index contributed by atoms with van der Waals surface area (Å²) in [6, 6.07) is 5.22. The number of fused-ring (bicyclic) bond motifs is 1. The Morgan fingerprint density at radius 2 is 2.11 bits per heavy atom. The van der Waals surface area contributed by atoms with Crippen molar-refractivity contribution in [1.29, 1.82) is 0 Å². The summed E-state index contributed by atoms with van der Waals surface area (Å²) in [7, 11) is 0. The van der Waals surface area contributed by atoms with Crippen LogP contribution in [0.1, 0.15) is 12.0 Å². The van der Waals surface area contributed by atoms with Gasteiger partial charge in [0.25, 0.3) is 0 Å². The lowest BCUT2D eigenvalue weighted by Crippen LogP contribution is -2.46. The number of hydrogen-bond donors (Lipinski definition) is 2. The standard InChI is InChI=1S/C23H20ClF2N7O2/c24-17-3-1-2-13(21(17)26)7-28-23(35)18-6-15(25)11-32(18)20(34)12-33-19-10-27-5-4-16(19)22(31-33)14-8-29-30-9-14/h1-5,8-10,15,18H,6-7,11-12H2,(H,28,35)(H,29,30). The zero-order valence-electron chi connectivity index (χ0n) is 18.3. The molecule has 1 saturated heterocycles. The number of aromatic amines is 1. The van der Waals surface area contributed by atoms with Gasteiger partial charge in [0.2, 0.25) is 11.8 Å². The summed E-state index contributed by atoms with van der Waals surface area (Å²) >= 11 is 5.78. The number of likely N-dealkylation sites (tertiary alicyclic amines) is 1. The Kier molecular flexibility index (Phi) is 6.16. The number of nitrogens with one attached hydrogen (secondary N) is 2. The summed E-state index contributed by atoms with van der Waals surface area (Å²) in [6.07, 6.45) is 5.02. The molecule has 12 heteroatoms. The summed E-state index contributed by atoms with van der Waals surface area (Å²) in [5, 5.41) is 14.5. The van der Waals surface area contributed by atoms with E-state index in [2.05, 4.69) is 25.6 Å². The molecule has 0 saturated carbocycles. The number of carbonyl (C=O) groups excluding carboxylic acids is 2. The average molecular weight is 500 g/mol. The van der Waals surface area contributed by atoms with E-state index in [1.807, 2.05) is 0 Å². The van der Waals surface area contributed by atoms with E-state index in [0.717, 1.165) is 10.9 Å². The van der Waals surface area contributed by atoms with Gasteiger partial charge in [-0.25, -0.2) is 8.78 Å². The number of nitrogens with zero attached hydrogens (tertiary/aromatic N) is 5. The molecule has 0 spiro atoms. The lowest BCUT2D eigenvalue weighted by molar-refractivity contribution is -0.139. The molecule has 1 aliphatic heterocycles. The van der Waals surface area contributed by atoms with E-state index in [4.69, 9.17) is 11.6 Å². The monoisotopic (exact) mass is 499 g/mol. The number of alkyl halides is 1. The molecule has 0 aliphatic carbocycles. The Hall–Kier alpha value is -3.86. The van der Waals surface area contributed by atoms with Crippen molar-refractivity contribution in [2.45, 2.75) is 31.7 Å². The quantitative estimate of drug-likeness (QED) is 0.424. The normalized spacial score (nSPS) is 17.7. The number of amides is 2. The molecule has 9 nitrogen and oxygen atoms in total. The van der Waals surface area contributed by atoms with Gasteiger partial charge in [-0.3, -0.25) is 24.4 Å². The second kappa shape index (κ2) is 9.41. The third-order valence-corrected chi connectivity index (χ3v) is 6.26. The maximum Gasteiger partial charge on any atom is 0.245 e. The highest BCUT2D eigenvalue weighted by atomic mass is 35.5. The fourth-order valence-electron chi connectivity index (χ4n) is 4.25. The van der Waals surface area contributed by atoms with Crippen LogP contribution < -0.4 is 5.32 Å². The first-order valence-electron chi connectivity index (χ1n) is 10.9. The summed E-state index contributed by atoms with van der Waals surface area (Å²) < 4.78 is 29.9. The van der Waals surface area contributed by atoms with Crippen LogP contribution in [0.2, 0.25) is 5.02 Å². The number of carbonyl (C=O) groups is 2. The van der Waals surface area contributed by atoms with Gasteiger partial charge in [0, 0.05) is 41.9 Å². The van der Waals surface area contributed by atoms with E-state index in [1.165, 1.54) is 21.7 Å². The van der Waals surface area contributed by atoms with Crippen LogP contribution in [-0.2, 0) is 22.7 Å². The van der Waals surface area contributed by atoms with Gasteiger partial charge in [0.15, 0.2) is 0 Å². The highest BCUT2D eigenvalue weighted by Crippen LogP contribution is 2.27.